The van der Waals surface area contributed by atoms with Crippen molar-refractivity contribution in [3.8, 4) is 0 Å². The van der Waals surface area contributed by atoms with E-state index in [4.69, 9.17) is 0 Å². The van der Waals surface area contributed by atoms with Crippen molar-refractivity contribution in [2.75, 3.05) is 19.4 Å². The van der Waals surface area contributed by atoms with Crippen molar-refractivity contribution in [3.63, 3.8) is 0 Å². The molecule has 0 unspecified atom stereocenters. The summed E-state index contributed by atoms with van der Waals surface area (Å²) in [5, 5.41) is 24.0. The molecule has 2 aromatic heterocycles. The van der Waals surface area contributed by atoms with Crippen LogP contribution in [0, 0.1) is 0 Å². The van der Waals surface area contributed by atoms with Gasteiger partial charge < -0.3 is 10.2 Å². The SMILES string of the molecule is CN(C)C(=O)c1ccc(NCc2nn[nH]n2)nn1. The fourth-order valence-electron chi connectivity index (χ4n) is 1.20. The zero-order valence-electron chi connectivity index (χ0n) is 9.95. The number of nitrogens with one attached hydrogen (secondary N) is 2. The first-order valence-electron chi connectivity index (χ1n) is 5.18. The van der Waals surface area contributed by atoms with Gasteiger partial charge in [-0.05, 0) is 12.1 Å². The number of carbonyl (C=O) groups excluding carboxylic acids is 1. The molecule has 0 atom stereocenters. The average Bonchev–Trinajstić information content (AvgIpc) is 2.89. The molecule has 2 aromatic rings. The number of anilines is 1. The van der Waals surface area contributed by atoms with Gasteiger partial charge in [-0.2, -0.15) is 5.21 Å². The molecule has 0 spiro atoms. The van der Waals surface area contributed by atoms with Gasteiger partial charge in [-0.3, -0.25) is 4.79 Å². The van der Waals surface area contributed by atoms with Crippen molar-refractivity contribution in [2.45, 2.75) is 6.54 Å². The van der Waals surface area contributed by atoms with Crippen LogP contribution in [0.2, 0.25) is 0 Å². The van der Waals surface area contributed by atoms with Crippen molar-refractivity contribution < 1.29 is 4.79 Å². The van der Waals surface area contributed by atoms with Gasteiger partial charge in [0, 0.05) is 14.1 Å². The van der Waals surface area contributed by atoms with Crippen LogP contribution in [0.4, 0.5) is 5.82 Å². The van der Waals surface area contributed by atoms with Crippen LogP contribution in [-0.2, 0) is 6.54 Å². The Balaban J connectivity index is 1.97. The Kier molecular flexibility index (Phi) is 3.41. The van der Waals surface area contributed by atoms with Crippen molar-refractivity contribution in [3.05, 3.63) is 23.7 Å². The van der Waals surface area contributed by atoms with E-state index in [1.54, 1.807) is 26.2 Å². The van der Waals surface area contributed by atoms with Gasteiger partial charge in [0.1, 0.15) is 5.82 Å². The van der Waals surface area contributed by atoms with Crippen LogP contribution in [0.3, 0.4) is 0 Å². The first-order valence-corrected chi connectivity index (χ1v) is 5.18. The highest BCUT2D eigenvalue weighted by Gasteiger charge is 2.10. The Bertz CT molecular complexity index is 506. The van der Waals surface area contributed by atoms with E-state index >= 15 is 0 Å². The Labute approximate surface area is 103 Å². The molecule has 0 radical (unpaired) electrons. The first kappa shape index (κ1) is 11.9. The summed E-state index contributed by atoms with van der Waals surface area (Å²) in [5.41, 5.74) is 0.296. The fourth-order valence-corrected chi connectivity index (χ4v) is 1.20. The van der Waals surface area contributed by atoms with Gasteiger partial charge in [-0.1, -0.05) is 5.21 Å². The second-order valence-corrected chi connectivity index (χ2v) is 3.68. The summed E-state index contributed by atoms with van der Waals surface area (Å²) in [7, 11) is 3.32. The minimum atomic E-state index is -0.188. The van der Waals surface area contributed by atoms with Crippen LogP contribution in [0.5, 0.6) is 0 Å². The van der Waals surface area contributed by atoms with E-state index in [-0.39, 0.29) is 5.91 Å². The maximum atomic E-state index is 11.6. The summed E-state index contributed by atoms with van der Waals surface area (Å²) in [4.78, 5) is 13.0. The third kappa shape index (κ3) is 2.75. The molecule has 0 saturated heterocycles. The maximum Gasteiger partial charge on any atom is 0.273 e. The van der Waals surface area contributed by atoms with Gasteiger partial charge in [0.25, 0.3) is 5.91 Å². The number of tetrazole rings is 1. The smallest absolute Gasteiger partial charge is 0.273 e. The van der Waals surface area contributed by atoms with Crippen molar-refractivity contribution in [1.82, 2.24) is 35.7 Å². The molecule has 0 saturated carbocycles. The summed E-state index contributed by atoms with van der Waals surface area (Å²) in [6.45, 7) is 0.381. The van der Waals surface area contributed by atoms with E-state index in [2.05, 4.69) is 36.1 Å². The lowest BCUT2D eigenvalue weighted by Gasteiger charge is -2.09. The first-order chi connectivity index (χ1) is 8.66. The average molecular weight is 248 g/mol. The van der Waals surface area contributed by atoms with Crippen molar-refractivity contribution in [2.24, 2.45) is 0 Å². The number of hydrogen-bond acceptors (Lipinski definition) is 7. The molecule has 2 N–H and O–H groups in total. The largest absolute Gasteiger partial charge is 0.361 e. The Morgan fingerprint density at radius 3 is 2.72 bits per heavy atom. The lowest BCUT2D eigenvalue weighted by molar-refractivity contribution is 0.0821. The second-order valence-electron chi connectivity index (χ2n) is 3.68. The molecule has 0 aromatic carbocycles. The van der Waals surface area contributed by atoms with Crippen LogP contribution < -0.4 is 5.32 Å². The third-order valence-electron chi connectivity index (χ3n) is 2.11. The molecule has 0 aliphatic carbocycles. The number of nitrogens with zero attached hydrogens (tertiary/aromatic N) is 6. The molecule has 94 valence electrons. The van der Waals surface area contributed by atoms with Gasteiger partial charge in [0.05, 0.1) is 6.54 Å². The highest BCUT2D eigenvalue weighted by atomic mass is 16.2. The number of aromatic amines is 1. The number of aromatic nitrogens is 6. The zero-order valence-corrected chi connectivity index (χ0v) is 9.95. The van der Waals surface area contributed by atoms with Gasteiger partial charge in [0.15, 0.2) is 11.5 Å². The molecule has 2 heterocycles. The molecule has 2 rings (SSSR count). The van der Waals surface area contributed by atoms with E-state index < -0.39 is 0 Å². The second kappa shape index (κ2) is 5.17. The van der Waals surface area contributed by atoms with E-state index in [1.165, 1.54) is 4.90 Å². The summed E-state index contributed by atoms with van der Waals surface area (Å²) >= 11 is 0. The number of H-pyrrole nitrogens is 1. The van der Waals surface area contributed by atoms with Crippen LogP contribution in [0.25, 0.3) is 0 Å². The number of carbonyl (C=O) groups is 1. The Morgan fingerprint density at radius 1 is 1.33 bits per heavy atom. The lowest BCUT2D eigenvalue weighted by Crippen LogP contribution is -2.23. The maximum absolute atomic E-state index is 11.6. The molecule has 9 nitrogen and oxygen atoms in total. The van der Waals surface area contributed by atoms with Crippen molar-refractivity contribution in [1.29, 1.82) is 0 Å². The minimum absolute atomic E-state index is 0.188. The van der Waals surface area contributed by atoms with Crippen molar-refractivity contribution >= 4 is 11.7 Å². The number of rotatable bonds is 4. The van der Waals surface area contributed by atoms with Crippen LogP contribution in [0.1, 0.15) is 16.3 Å². The summed E-state index contributed by atoms with van der Waals surface area (Å²) < 4.78 is 0. The lowest BCUT2D eigenvalue weighted by atomic mass is 10.3. The van der Waals surface area contributed by atoms with Gasteiger partial charge >= 0.3 is 0 Å². The highest BCUT2D eigenvalue weighted by Crippen LogP contribution is 2.04. The normalized spacial score (nSPS) is 10.1. The fraction of sp³-hybridized carbons (Fsp3) is 0.333. The third-order valence-corrected chi connectivity index (χ3v) is 2.11. The minimum Gasteiger partial charge on any atom is -0.361 e. The Morgan fingerprint density at radius 2 is 2.17 bits per heavy atom. The number of amides is 1. The van der Waals surface area contributed by atoms with E-state index in [1.807, 2.05) is 0 Å². The van der Waals surface area contributed by atoms with Crippen LogP contribution in [0.15, 0.2) is 12.1 Å². The summed E-state index contributed by atoms with van der Waals surface area (Å²) in [6.07, 6.45) is 0. The molecule has 18 heavy (non-hydrogen) atoms. The molecule has 0 bridgehead atoms. The topological polar surface area (TPSA) is 113 Å². The molecular formula is C9H12N8O. The Hall–Kier alpha value is -2.58. The van der Waals surface area contributed by atoms with Gasteiger partial charge in [-0.25, -0.2) is 0 Å². The molecule has 1 amide bonds. The molecule has 0 fully saturated rings. The zero-order chi connectivity index (χ0) is 13.0. The quantitative estimate of drug-likeness (QED) is 0.735. The predicted molar refractivity (Wildman–Crippen MR) is 61.6 cm³/mol. The monoisotopic (exact) mass is 248 g/mol. The summed E-state index contributed by atoms with van der Waals surface area (Å²) in [6, 6.07) is 3.28. The van der Waals surface area contributed by atoms with Crippen LogP contribution >= 0.6 is 0 Å². The number of hydrogen-bond donors (Lipinski definition) is 2. The van der Waals surface area contributed by atoms with Gasteiger partial charge in [-0.15, -0.1) is 20.4 Å². The van der Waals surface area contributed by atoms with Crippen LogP contribution in [-0.4, -0.2) is 55.7 Å². The van der Waals surface area contributed by atoms with E-state index in [9.17, 15) is 4.79 Å². The predicted octanol–water partition coefficient (Wildman–Crippen LogP) is -0.696. The summed E-state index contributed by atoms with van der Waals surface area (Å²) in [5.74, 6) is 0.868. The van der Waals surface area contributed by atoms with Gasteiger partial charge in [0.2, 0.25) is 0 Å². The highest BCUT2D eigenvalue weighted by molar-refractivity contribution is 5.91. The standard InChI is InChI=1S/C9H12N8O/c1-17(2)9(18)6-3-4-7(12-11-6)10-5-8-13-15-16-14-8/h3-4H,5H2,1-2H3,(H,10,12)(H,13,14,15,16). The van der Waals surface area contributed by atoms with E-state index in [0.29, 0.717) is 23.9 Å². The molecular weight excluding hydrogens is 236 g/mol. The van der Waals surface area contributed by atoms with E-state index in [0.717, 1.165) is 0 Å². The molecule has 0 aliphatic heterocycles. The molecule has 0 aliphatic rings. The molecule has 9 heteroatoms.